The van der Waals surface area contributed by atoms with Gasteiger partial charge in [0, 0.05) is 18.9 Å². The number of methoxy groups -OCH3 is 1. The summed E-state index contributed by atoms with van der Waals surface area (Å²) in [6.07, 6.45) is -2.30. The number of rotatable bonds is 10. The van der Waals surface area contributed by atoms with Crippen molar-refractivity contribution in [2.24, 2.45) is 0 Å². The average Bonchev–Trinajstić information content (AvgIpc) is 3.22. The molecule has 39 heavy (non-hydrogen) atoms. The first-order valence-corrected chi connectivity index (χ1v) is 15.0. The van der Waals surface area contributed by atoms with Crippen molar-refractivity contribution in [3.05, 3.63) is 93.3 Å². The Morgan fingerprint density at radius 3 is 2.13 bits per heavy atom. The van der Waals surface area contributed by atoms with Crippen molar-refractivity contribution in [1.82, 2.24) is 9.55 Å². The number of nitrogens with zero attached hydrogens (tertiary/aromatic N) is 1. The van der Waals surface area contributed by atoms with E-state index in [4.69, 9.17) is 18.6 Å². The predicted molar refractivity (Wildman–Crippen MR) is 151 cm³/mol. The summed E-state index contributed by atoms with van der Waals surface area (Å²) in [7, 11) is -1.34. The van der Waals surface area contributed by atoms with Gasteiger partial charge in [-0.1, -0.05) is 81.4 Å². The molecule has 0 bridgehead atoms. The molecule has 0 radical (unpaired) electrons. The number of aromatic amines is 1. The number of H-pyrrole nitrogens is 1. The van der Waals surface area contributed by atoms with Gasteiger partial charge in [-0.05, 0) is 22.3 Å². The molecule has 1 aliphatic heterocycles. The second-order valence-corrected chi connectivity index (χ2v) is 15.1. The van der Waals surface area contributed by atoms with Crippen LogP contribution in [0.2, 0.25) is 5.04 Å². The van der Waals surface area contributed by atoms with Crippen molar-refractivity contribution in [3.63, 3.8) is 0 Å². The molecule has 210 valence electrons. The monoisotopic (exact) mass is 554 g/mol. The van der Waals surface area contributed by atoms with Gasteiger partial charge < -0.3 is 23.7 Å². The van der Waals surface area contributed by atoms with Gasteiger partial charge in [-0.25, -0.2) is 4.79 Å². The number of aromatic nitrogens is 2. The van der Waals surface area contributed by atoms with E-state index in [2.05, 4.69) is 50.0 Å². The van der Waals surface area contributed by atoms with E-state index in [1.807, 2.05) is 36.4 Å². The lowest BCUT2D eigenvalue weighted by atomic mass is 10.1. The predicted octanol–water partition coefficient (Wildman–Crippen LogP) is 1.71. The SMILES string of the molecule is COCCOC1C(O)[C@H](CO[Si](c2ccccc2)(c2ccccc2)C(C)(C)C)O[C@@H]1n1cc(C)c(=O)[nH]c1=O. The van der Waals surface area contributed by atoms with E-state index in [0.717, 1.165) is 10.4 Å². The lowest BCUT2D eigenvalue weighted by Gasteiger charge is -2.43. The number of aliphatic hydroxyl groups excluding tert-OH is 1. The van der Waals surface area contributed by atoms with E-state index in [1.54, 1.807) is 14.0 Å². The lowest BCUT2D eigenvalue weighted by molar-refractivity contribution is -0.0815. The maximum Gasteiger partial charge on any atom is 0.330 e. The molecule has 2 unspecified atom stereocenters. The number of benzene rings is 2. The van der Waals surface area contributed by atoms with Crippen molar-refractivity contribution in [2.45, 2.75) is 57.3 Å². The summed E-state index contributed by atoms with van der Waals surface area (Å²) in [6, 6.07) is 20.4. The number of aliphatic hydroxyl groups is 1. The number of ether oxygens (including phenoxy) is 3. The highest BCUT2D eigenvalue weighted by Crippen LogP contribution is 2.38. The van der Waals surface area contributed by atoms with Gasteiger partial charge >= 0.3 is 5.69 Å². The molecule has 0 spiro atoms. The topological polar surface area (TPSA) is 112 Å². The van der Waals surface area contributed by atoms with Gasteiger partial charge in [0.15, 0.2) is 6.23 Å². The molecular formula is C29H38N2O7Si. The molecule has 0 aliphatic carbocycles. The summed E-state index contributed by atoms with van der Waals surface area (Å²) in [4.78, 5) is 27.0. The standard InChI is InChI=1S/C29H38N2O7Si/c1-20-18-31(28(34)30-26(20)33)27-25(36-17-16-35-5)24(32)23(38-27)19-37-39(29(2,3)4,21-12-8-6-9-13-21)22-14-10-7-11-15-22/h6-15,18,23-25,27,32H,16-17,19H2,1-5H3,(H,30,33,34)/t23-,24?,25?,27-/m0/s1. The van der Waals surface area contributed by atoms with Gasteiger partial charge in [0.25, 0.3) is 13.9 Å². The van der Waals surface area contributed by atoms with Crippen LogP contribution in [0.4, 0.5) is 0 Å². The highest BCUT2D eigenvalue weighted by Gasteiger charge is 2.52. The molecule has 4 atom stereocenters. The van der Waals surface area contributed by atoms with Gasteiger partial charge in [0.05, 0.1) is 19.8 Å². The van der Waals surface area contributed by atoms with Crippen LogP contribution in [0, 0.1) is 6.92 Å². The third-order valence-corrected chi connectivity index (χ3v) is 12.2. The average molecular weight is 555 g/mol. The summed E-state index contributed by atoms with van der Waals surface area (Å²) in [5.41, 5.74) is -0.773. The maximum atomic E-state index is 12.7. The molecular weight excluding hydrogens is 516 g/mol. The summed E-state index contributed by atoms with van der Waals surface area (Å²) in [6.45, 7) is 8.70. The molecule has 1 saturated heterocycles. The van der Waals surface area contributed by atoms with Crippen molar-refractivity contribution in [1.29, 1.82) is 0 Å². The van der Waals surface area contributed by atoms with Crippen LogP contribution in [0.25, 0.3) is 0 Å². The normalized spacial score (nSPS) is 21.8. The lowest BCUT2D eigenvalue weighted by Crippen LogP contribution is -2.67. The first kappa shape index (κ1) is 29.1. The second kappa shape index (κ2) is 12.1. The summed E-state index contributed by atoms with van der Waals surface area (Å²) in [5, 5.41) is 13.3. The zero-order chi connectivity index (χ0) is 28.2. The molecule has 2 heterocycles. The zero-order valence-corrected chi connectivity index (χ0v) is 24.1. The van der Waals surface area contributed by atoms with Crippen molar-refractivity contribution in [3.8, 4) is 0 Å². The van der Waals surface area contributed by atoms with Gasteiger partial charge in [-0.3, -0.25) is 14.3 Å². The Kier molecular flexibility index (Phi) is 9.05. The van der Waals surface area contributed by atoms with E-state index in [-0.39, 0.29) is 18.3 Å². The molecule has 1 aromatic heterocycles. The quantitative estimate of drug-likeness (QED) is 0.290. The molecule has 10 heteroatoms. The van der Waals surface area contributed by atoms with Crippen LogP contribution in [0.15, 0.2) is 76.4 Å². The largest absolute Gasteiger partial charge is 0.405 e. The zero-order valence-electron chi connectivity index (χ0n) is 23.1. The molecule has 1 fully saturated rings. The minimum atomic E-state index is -2.90. The molecule has 1 aliphatic rings. The van der Waals surface area contributed by atoms with Crippen molar-refractivity contribution in [2.75, 3.05) is 26.9 Å². The molecule has 0 amide bonds. The molecule has 4 rings (SSSR count). The number of aryl methyl sites for hydroxylation is 1. The maximum absolute atomic E-state index is 12.7. The highest BCUT2D eigenvalue weighted by molar-refractivity contribution is 6.99. The number of hydrogen-bond donors (Lipinski definition) is 2. The fourth-order valence-corrected chi connectivity index (χ4v) is 9.84. The van der Waals surface area contributed by atoms with Crippen molar-refractivity contribution >= 4 is 18.7 Å². The van der Waals surface area contributed by atoms with Crippen LogP contribution < -0.4 is 21.6 Å². The minimum absolute atomic E-state index is 0.0756. The Bertz CT molecular complexity index is 1300. The van der Waals surface area contributed by atoms with Gasteiger partial charge in [-0.2, -0.15) is 0 Å². The van der Waals surface area contributed by atoms with Crippen LogP contribution in [0.5, 0.6) is 0 Å². The van der Waals surface area contributed by atoms with E-state index >= 15 is 0 Å². The Morgan fingerprint density at radius 1 is 1.00 bits per heavy atom. The highest BCUT2D eigenvalue weighted by atomic mass is 28.4. The van der Waals surface area contributed by atoms with Gasteiger partial charge in [0.1, 0.15) is 18.3 Å². The van der Waals surface area contributed by atoms with Gasteiger partial charge in [-0.15, -0.1) is 0 Å². The van der Waals surface area contributed by atoms with Crippen molar-refractivity contribution < 1.29 is 23.7 Å². The Balaban J connectivity index is 1.71. The molecule has 2 aromatic carbocycles. The van der Waals surface area contributed by atoms with Crippen LogP contribution in [-0.2, 0) is 18.6 Å². The first-order valence-electron chi connectivity index (χ1n) is 13.1. The first-order chi connectivity index (χ1) is 18.6. The molecule has 3 aromatic rings. The Labute approximate surface area is 229 Å². The van der Waals surface area contributed by atoms with E-state index in [9.17, 15) is 14.7 Å². The molecule has 2 N–H and O–H groups in total. The second-order valence-electron chi connectivity index (χ2n) is 10.8. The van der Waals surface area contributed by atoms with E-state index < -0.39 is 44.1 Å². The number of hydrogen-bond acceptors (Lipinski definition) is 7. The smallest absolute Gasteiger partial charge is 0.330 e. The Morgan fingerprint density at radius 2 is 1.59 bits per heavy atom. The summed E-state index contributed by atoms with van der Waals surface area (Å²) >= 11 is 0. The van der Waals surface area contributed by atoms with Crippen LogP contribution >= 0.6 is 0 Å². The molecule has 9 nitrogen and oxygen atoms in total. The Hall–Kier alpha value is -2.86. The third kappa shape index (κ3) is 5.86. The van der Waals surface area contributed by atoms with Crippen LogP contribution in [0.3, 0.4) is 0 Å². The third-order valence-electron chi connectivity index (χ3n) is 7.21. The van der Waals surface area contributed by atoms with Crippen LogP contribution in [0.1, 0.15) is 32.6 Å². The summed E-state index contributed by atoms with van der Waals surface area (Å²) in [5.74, 6) is 0. The van der Waals surface area contributed by atoms with Crippen LogP contribution in [-0.4, -0.2) is 68.2 Å². The van der Waals surface area contributed by atoms with E-state index in [0.29, 0.717) is 12.2 Å². The fraction of sp³-hybridized carbons (Fsp3) is 0.448. The minimum Gasteiger partial charge on any atom is -0.405 e. The van der Waals surface area contributed by atoms with Gasteiger partial charge in [0.2, 0.25) is 0 Å². The number of nitrogens with one attached hydrogen (secondary N) is 1. The summed E-state index contributed by atoms with van der Waals surface area (Å²) < 4.78 is 25.6. The fourth-order valence-electron chi connectivity index (χ4n) is 5.27. The van der Waals surface area contributed by atoms with E-state index in [1.165, 1.54) is 10.8 Å². The molecule has 0 saturated carbocycles.